The quantitative estimate of drug-likeness (QED) is 0.281. The molecule has 2 saturated carbocycles. The van der Waals surface area contributed by atoms with Crippen molar-refractivity contribution < 1.29 is 34.0 Å². The fraction of sp³-hybridized carbons (Fsp3) is 0.548. The first-order valence-corrected chi connectivity index (χ1v) is 14.3. The number of nitrogens with zero attached hydrogens (tertiary/aromatic N) is 1. The number of aromatic hydroxyl groups is 1. The van der Waals surface area contributed by atoms with E-state index < -0.39 is 23.6 Å². The van der Waals surface area contributed by atoms with Crippen molar-refractivity contribution in [2.24, 2.45) is 0 Å². The first kappa shape index (κ1) is 29.7. The van der Waals surface area contributed by atoms with Crippen molar-refractivity contribution in [2.45, 2.75) is 83.1 Å². The summed E-state index contributed by atoms with van der Waals surface area (Å²) in [6.07, 6.45) is 2.10. The summed E-state index contributed by atoms with van der Waals surface area (Å²) >= 11 is 0. The monoisotopic (exact) mass is 554 g/mol. The number of carboxylic acid groups (broad SMARTS) is 1. The standard InChI is InChI=1S/C31H42N2O7/c1-5-38-24-18-31(19-24,29(35)36)32-30(37)33(16-17-40-21(4)22-10-8-7-9-11-22)20(3)25-14-15-26(23-12-13-23)28(27(25)34)39-6-2/h7-11,14-15,20-21,23-24,34H,5-6,12-13,16-19H2,1-4H3,(H,32,37)(H,35,36)/t20-,21-,24?,31?/m1/s1. The minimum absolute atomic E-state index is 0.0168. The number of aliphatic carboxylic acids is 1. The number of carbonyl (C=O) groups excluding carboxylic acids is 1. The average molecular weight is 555 g/mol. The SMILES string of the molecule is CCOc1c(C2CC2)ccc([C@@H](C)N(CCO[C@H](C)c2ccccc2)C(=O)NC2(C(=O)O)CC(OCC)C2)c1O. The van der Waals surface area contributed by atoms with Gasteiger partial charge in [0.15, 0.2) is 11.5 Å². The summed E-state index contributed by atoms with van der Waals surface area (Å²) in [6, 6.07) is 12.5. The Morgan fingerprint density at radius 1 is 1.07 bits per heavy atom. The van der Waals surface area contributed by atoms with Crippen molar-refractivity contribution in [3.05, 3.63) is 59.2 Å². The van der Waals surface area contributed by atoms with E-state index in [1.54, 1.807) is 0 Å². The highest BCUT2D eigenvalue weighted by Crippen LogP contribution is 2.49. The summed E-state index contributed by atoms with van der Waals surface area (Å²) < 4.78 is 17.5. The molecule has 0 heterocycles. The smallest absolute Gasteiger partial charge is 0.329 e. The summed E-state index contributed by atoms with van der Waals surface area (Å²) in [6.45, 7) is 8.78. The lowest BCUT2D eigenvalue weighted by atomic mass is 9.74. The van der Waals surface area contributed by atoms with Crippen molar-refractivity contribution in [3.8, 4) is 11.5 Å². The van der Waals surface area contributed by atoms with Crippen LogP contribution in [-0.4, -0.2) is 65.1 Å². The van der Waals surface area contributed by atoms with Crippen LogP contribution >= 0.6 is 0 Å². The number of carbonyl (C=O) groups is 2. The van der Waals surface area contributed by atoms with Gasteiger partial charge in [-0.2, -0.15) is 0 Å². The van der Waals surface area contributed by atoms with E-state index in [1.807, 2.05) is 70.2 Å². The molecule has 2 amide bonds. The lowest BCUT2D eigenvalue weighted by Gasteiger charge is -2.45. The van der Waals surface area contributed by atoms with Gasteiger partial charge in [0.2, 0.25) is 0 Å². The van der Waals surface area contributed by atoms with Gasteiger partial charge < -0.3 is 34.6 Å². The van der Waals surface area contributed by atoms with E-state index in [-0.39, 0.29) is 44.0 Å². The summed E-state index contributed by atoms with van der Waals surface area (Å²) in [7, 11) is 0. The van der Waals surface area contributed by atoms with Crippen LogP contribution in [0.5, 0.6) is 11.5 Å². The molecule has 2 aromatic rings. The van der Waals surface area contributed by atoms with Gasteiger partial charge in [0.25, 0.3) is 0 Å². The van der Waals surface area contributed by atoms with Crippen LogP contribution in [0.25, 0.3) is 0 Å². The van der Waals surface area contributed by atoms with Gasteiger partial charge in [0, 0.05) is 37.1 Å². The maximum Gasteiger partial charge on any atom is 0.329 e. The normalized spacial score (nSPS) is 21.6. The molecule has 4 rings (SSSR count). The number of rotatable bonds is 14. The number of urea groups is 1. The third-order valence-electron chi connectivity index (χ3n) is 7.96. The van der Waals surface area contributed by atoms with Gasteiger partial charge >= 0.3 is 12.0 Å². The molecule has 0 saturated heterocycles. The van der Waals surface area contributed by atoms with E-state index in [0.29, 0.717) is 30.4 Å². The van der Waals surface area contributed by atoms with Gasteiger partial charge in [-0.15, -0.1) is 0 Å². The highest BCUT2D eigenvalue weighted by atomic mass is 16.5. The lowest BCUT2D eigenvalue weighted by molar-refractivity contribution is -0.156. The van der Waals surface area contributed by atoms with Crippen LogP contribution in [-0.2, 0) is 14.3 Å². The fourth-order valence-corrected chi connectivity index (χ4v) is 5.42. The molecule has 9 heteroatoms. The van der Waals surface area contributed by atoms with Crippen LogP contribution in [0.15, 0.2) is 42.5 Å². The number of phenolic OH excluding ortho intramolecular Hbond substituents is 1. The molecule has 0 spiro atoms. The van der Waals surface area contributed by atoms with E-state index in [1.165, 1.54) is 4.90 Å². The molecule has 0 radical (unpaired) electrons. The van der Waals surface area contributed by atoms with Crippen molar-refractivity contribution in [1.29, 1.82) is 0 Å². The first-order valence-electron chi connectivity index (χ1n) is 14.3. The van der Waals surface area contributed by atoms with Crippen LogP contribution in [0, 0.1) is 0 Å². The minimum Gasteiger partial charge on any atom is -0.504 e. The van der Waals surface area contributed by atoms with Gasteiger partial charge in [0.05, 0.1) is 31.5 Å². The maximum absolute atomic E-state index is 13.7. The number of hydrogen-bond donors (Lipinski definition) is 3. The highest BCUT2D eigenvalue weighted by Gasteiger charge is 2.53. The number of carboxylic acids is 1. The molecule has 40 heavy (non-hydrogen) atoms. The first-order chi connectivity index (χ1) is 19.2. The van der Waals surface area contributed by atoms with Crippen molar-refractivity contribution in [1.82, 2.24) is 10.2 Å². The largest absolute Gasteiger partial charge is 0.504 e. The predicted octanol–water partition coefficient (Wildman–Crippen LogP) is 5.54. The van der Waals surface area contributed by atoms with Gasteiger partial charge in [-0.25, -0.2) is 9.59 Å². The van der Waals surface area contributed by atoms with Crippen LogP contribution in [0.3, 0.4) is 0 Å². The topological polar surface area (TPSA) is 118 Å². The molecule has 2 aromatic carbocycles. The zero-order valence-corrected chi connectivity index (χ0v) is 23.9. The van der Waals surface area contributed by atoms with Crippen LogP contribution < -0.4 is 10.1 Å². The van der Waals surface area contributed by atoms with Crippen molar-refractivity contribution in [3.63, 3.8) is 0 Å². The number of benzene rings is 2. The van der Waals surface area contributed by atoms with Crippen LogP contribution in [0.4, 0.5) is 4.79 Å². The van der Waals surface area contributed by atoms with E-state index >= 15 is 0 Å². The van der Waals surface area contributed by atoms with Crippen LogP contribution in [0.1, 0.15) is 88.1 Å². The summed E-state index contributed by atoms with van der Waals surface area (Å²) in [5.74, 6) is -0.239. The van der Waals surface area contributed by atoms with E-state index in [2.05, 4.69) is 5.32 Å². The average Bonchev–Trinajstić information content (AvgIpc) is 3.76. The number of phenols is 1. The second kappa shape index (κ2) is 12.9. The number of nitrogens with one attached hydrogen (secondary N) is 1. The van der Waals surface area contributed by atoms with Crippen LogP contribution in [0.2, 0.25) is 0 Å². The van der Waals surface area contributed by atoms with Gasteiger partial charge in [-0.05, 0) is 52.0 Å². The van der Waals surface area contributed by atoms with Gasteiger partial charge in [0.1, 0.15) is 5.54 Å². The second-order valence-electron chi connectivity index (χ2n) is 10.7. The Morgan fingerprint density at radius 3 is 2.38 bits per heavy atom. The summed E-state index contributed by atoms with van der Waals surface area (Å²) in [5.41, 5.74) is 1.13. The molecule has 0 aromatic heterocycles. The van der Waals surface area contributed by atoms with E-state index in [0.717, 1.165) is 24.0 Å². The zero-order chi connectivity index (χ0) is 28.9. The molecule has 0 bridgehead atoms. The Morgan fingerprint density at radius 2 is 1.77 bits per heavy atom. The highest BCUT2D eigenvalue weighted by molar-refractivity contribution is 5.87. The third kappa shape index (κ3) is 6.53. The Kier molecular flexibility index (Phi) is 9.58. The van der Waals surface area contributed by atoms with Crippen molar-refractivity contribution >= 4 is 12.0 Å². The third-order valence-corrected chi connectivity index (χ3v) is 7.96. The fourth-order valence-electron chi connectivity index (χ4n) is 5.42. The predicted molar refractivity (Wildman–Crippen MR) is 151 cm³/mol. The molecule has 0 aliphatic heterocycles. The van der Waals surface area contributed by atoms with Crippen molar-refractivity contribution in [2.75, 3.05) is 26.4 Å². The molecule has 9 nitrogen and oxygen atoms in total. The van der Waals surface area contributed by atoms with Gasteiger partial charge in [-0.1, -0.05) is 42.5 Å². The number of ether oxygens (including phenoxy) is 3. The molecule has 2 aliphatic carbocycles. The van der Waals surface area contributed by atoms with Gasteiger partial charge in [-0.3, -0.25) is 0 Å². The van der Waals surface area contributed by atoms with E-state index in [9.17, 15) is 19.8 Å². The Bertz CT molecular complexity index is 1160. The zero-order valence-electron chi connectivity index (χ0n) is 23.9. The molecular formula is C31H42N2O7. The minimum atomic E-state index is -1.40. The Balaban J connectivity index is 1.56. The Labute approximate surface area is 236 Å². The maximum atomic E-state index is 13.7. The molecule has 2 fully saturated rings. The molecule has 0 unspecified atom stereocenters. The molecule has 2 atom stereocenters. The molecule has 2 aliphatic rings. The number of amides is 2. The summed E-state index contributed by atoms with van der Waals surface area (Å²) in [5, 5.41) is 24.1. The van der Waals surface area contributed by atoms with E-state index in [4.69, 9.17) is 14.2 Å². The molecular weight excluding hydrogens is 512 g/mol. The molecule has 3 N–H and O–H groups in total. The molecule has 218 valence electrons. The lowest BCUT2D eigenvalue weighted by Crippen LogP contribution is -2.66. The second-order valence-corrected chi connectivity index (χ2v) is 10.7. The Hall–Kier alpha value is -3.30. The number of hydrogen-bond acceptors (Lipinski definition) is 6. The summed E-state index contributed by atoms with van der Waals surface area (Å²) in [4.78, 5) is 27.5.